The van der Waals surface area contributed by atoms with E-state index in [4.69, 9.17) is 24.7 Å². The van der Waals surface area contributed by atoms with E-state index in [0.717, 1.165) is 5.75 Å². The van der Waals surface area contributed by atoms with E-state index in [1.54, 1.807) is 19.1 Å². The number of hydrogen-bond donors (Lipinski definition) is 1. The molecule has 0 unspecified atom stereocenters. The number of nitrogen functional groups attached to an aromatic ring is 1. The van der Waals surface area contributed by atoms with Crippen LogP contribution in [-0.4, -0.2) is 45.6 Å². The highest BCUT2D eigenvalue weighted by Gasteiger charge is 2.01. The van der Waals surface area contributed by atoms with Crippen molar-refractivity contribution in [3.05, 3.63) is 36.4 Å². The van der Waals surface area contributed by atoms with Crippen molar-refractivity contribution >= 4 is 11.7 Å². The first-order valence-corrected chi connectivity index (χ1v) is 7.06. The van der Waals surface area contributed by atoms with Crippen LogP contribution < -0.4 is 10.5 Å². The minimum atomic E-state index is -0.404. The number of nitrogens with two attached hydrogens (primary N) is 1. The fourth-order valence-electron chi connectivity index (χ4n) is 1.46. The first kappa shape index (κ1) is 18.0. The molecule has 0 aliphatic rings. The van der Waals surface area contributed by atoms with Gasteiger partial charge in [0.15, 0.2) is 0 Å². The van der Waals surface area contributed by atoms with Crippen LogP contribution in [0.2, 0.25) is 0 Å². The van der Waals surface area contributed by atoms with Crippen LogP contribution in [0, 0.1) is 0 Å². The first-order chi connectivity index (χ1) is 10.6. The van der Waals surface area contributed by atoms with Crippen LogP contribution in [0.25, 0.3) is 0 Å². The highest BCUT2D eigenvalue weighted by Crippen LogP contribution is 2.13. The number of hydrogen-bond acceptors (Lipinski definition) is 6. The van der Waals surface area contributed by atoms with Crippen LogP contribution in [0.3, 0.4) is 0 Å². The van der Waals surface area contributed by atoms with Crippen LogP contribution in [0.1, 0.15) is 6.92 Å². The summed E-state index contributed by atoms with van der Waals surface area (Å²) >= 11 is 0. The summed E-state index contributed by atoms with van der Waals surface area (Å²) < 4.78 is 20.9. The molecule has 0 spiro atoms. The second-order valence-electron chi connectivity index (χ2n) is 4.56. The van der Waals surface area contributed by atoms with Crippen molar-refractivity contribution in [2.75, 3.05) is 45.4 Å². The van der Waals surface area contributed by atoms with E-state index < -0.39 is 5.97 Å². The molecule has 0 aromatic heterocycles. The lowest BCUT2D eigenvalue weighted by Gasteiger charge is -2.08. The minimum Gasteiger partial charge on any atom is -0.491 e. The summed E-state index contributed by atoms with van der Waals surface area (Å²) in [7, 11) is 0. The molecule has 122 valence electrons. The van der Waals surface area contributed by atoms with Gasteiger partial charge in [-0.2, -0.15) is 0 Å². The molecule has 0 bridgehead atoms. The third kappa shape index (κ3) is 8.28. The number of benzene rings is 1. The van der Waals surface area contributed by atoms with Crippen LogP contribution in [0.5, 0.6) is 5.75 Å². The molecule has 0 heterocycles. The lowest BCUT2D eigenvalue weighted by Crippen LogP contribution is -2.14. The van der Waals surface area contributed by atoms with Crippen LogP contribution in [0.4, 0.5) is 5.69 Å². The normalized spacial score (nSPS) is 10.2. The highest BCUT2D eigenvalue weighted by molar-refractivity contribution is 5.86. The van der Waals surface area contributed by atoms with E-state index in [-0.39, 0.29) is 6.61 Å². The molecule has 22 heavy (non-hydrogen) atoms. The van der Waals surface area contributed by atoms with E-state index in [0.29, 0.717) is 44.3 Å². The van der Waals surface area contributed by atoms with Crippen LogP contribution in [0.15, 0.2) is 36.4 Å². The Morgan fingerprint density at radius 1 is 1.09 bits per heavy atom. The Morgan fingerprint density at radius 2 is 1.73 bits per heavy atom. The Labute approximate surface area is 130 Å². The van der Waals surface area contributed by atoms with Gasteiger partial charge in [-0.15, -0.1) is 0 Å². The van der Waals surface area contributed by atoms with Crippen molar-refractivity contribution in [1.29, 1.82) is 0 Å². The van der Waals surface area contributed by atoms with Gasteiger partial charge in [0.1, 0.15) is 19.0 Å². The first-order valence-electron chi connectivity index (χ1n) is 7.06. The van der Waals surface area contributed by atoms with E-state index in [1.165, 1.54) is 0 Å². The average Bonchev–Trinajstić information content (AvgIpc) is 2.48. The monoisotopic (exact) mass is 309 g/mol. The van der Waals surface area contributed by atoms with Crippen molar-refractivity contribution in [2.45, 2.75) is 6.92 Å². The maximum absolute atomic E-state index is 11.1. The molecule has 0 saturated heterocycles. The highest BCUT2D eigenvalue weighted by atomic mass is 16.6. The van der Waals surface area contributed by atoms with Crippen molar-refractivity contribution in [1.82, 2.24) is 0 Å². The maximum Gasteiger partial charge on any atom is 0.333 e. The quantitative estimate of drug-likeness (QED) is 0.290. The zero-order valence-corrected chi connectivity index (χ0v) is 12.9. The molecule has 0 amide bonds. The number of anilines is 1. The molecule has 6 nitrogen and oxygen atoms in total. The van der Waals surface area contributed by atoms with Gasteiger partial charge in [0, 0.05) is 17.3 Å². The number of carbonyl (C=O) groups excluding carboxylic acids is 1. The summed E-state index contributed by atoms with van der Waals surface area (Å²) in [4.78, 5) is 11.1. The zero-order valence-electron chi connectivity index (χ0n) is 12.9. The summed E-state index contributed by atoms with van der Waals surface area (Å²) in [6, 6.07) is 7.23. The van der Waals surface area contributed by atoms with Crippen molar-refractivity contribution in [3.63, 3.8) is 0 Å². The molecular formula is C16H23NO5. The smallest absolute Gasteiger partial charge is 0.333 e. The van der Waals surface area contributed by atoms with Gasteiger partial charge < -0.3 is 24.7 Å². The van der Waals surface area contributed by atoms with Gasteiger partial charge in [0.25, 0.3) is 0 Å². The third-order valence-corrected chi connectivity index (χ3v) is 2.54. The molecule has 2 N–H and O–H groups in total. The largest absolute Gasteiger partial charge is 0.491 e. The fourth-order valence-corrected chi connectivity index (χ4v) is 1.46. The van der Waals surface area contributed by atoms with E-state index in [2.05, 4.69) is 6.58 Å². The molecule has 6 heteroatoms. The average molecular weight is 309 g/mol. The van der Waals surface area contributed by atoms with Gasteiger partial charge >= 0.3 is 5.97 Å². The second kappa shape index (κ2) is 10.6. The molecule has 0 aliphatic carbocycles. The molecule has 0 fully saturated rings. The van der Waals surface area contributed by atoms with Crippen LogP contribution in [-0.2, 0) is 19.0 Å². The van der Waals surface area contributed by atoms with E-state index >= 15 is 0 Å². The van der Waals surface area contributed by atoms with Gasteiger partial charge in [-0.3, -0.25) is 0 Å². The number of ether oxygens (including phenoxy) is 4. The summed E-state index contributed by atoms with van der Waals surface area (Å²) in [5.41, 5.74) is 6.68. The molecule has 0 radical (unpaired) electrons. The molecule has 0 atom stereocenters. The number of rotatable bonds is 11. The predicted octanol–water partition coefficient (Wildman–Crippen LogP) is 1.80. The van der Waals surface area contributed by atoms with Crippen LogP contribution >= 0.6 is 0 Å². The molecule has 0 saturated carbocycles. The molecular weight excluding hydrogens is 286 g/mol. The zero-order chi connectivity index (χ0) is 16.2. The summed E-state index contributed by atoms with van der Waals surface area (Å²) in [5.74, 6) is 0.317. The Balaban J connectivity index is 1.90. The van der Waals surface area contributed by atoms with E-state index in [1.807, 2.05) is 12.1 Å². The molecule has 1 rings (SSSR count). The molecule has 0 aliphatic heterocycles. The van der Waals surface area contributed by atoms with Crippen molar-refractivity contribution in [3.8, 4) is 5.75 Å². The summed E-state index contributed by atoms with van der Waals surface area (Å²) in [5, 5.41) is 0. The fraction of sp³-hybridized carbons (Fsp3) is 0.438. The van der Waals surface area contributed by atoms with Gasteiger partial charge in [-0.25, -0.2) is 4.79 Å². The lowest BCUT2D eigenvalue weighted by atomic mass is 10.3. The van der Waals surface area contributed by atoms with Gasteiger partial charge in [-0.1, -0.05) is 12.6 Å². The SMILES string of the molecule is C=C(C)C(=O)OCCOCCOCCOc1cccc(N)c1. The maximum atomic E-state index is 11.1. The van der Waals surface area contributed by atoms with Gasteiger partial charge in [0.05, 0.1) is 26.4 Å². The Bertz CT molecular complexity index is 475. The van der Waals surface area contributed by atoms with E-state index in [9.17, 15) is 4.79 Å². The standard InChI is InChI=1S/C16H23NO5/c1-13(2)16(18)22-11-9-20-7-6-19-8-10-21-15-5-3-4-14(17)12-15/h3-5,12H,1,6-11,17H2,2H3. The van der Waals surface area contributed by atoms with Crippen molar-refractivity contribution < 1.29 is 23.7 Å². The number of esters is 1. The third-order valence-electron chi connectivity index (χ3n) is 2.54. The molecule has 1 aromatic rings. The summed E-state index contributed by atoms with van der Waals surface area (Å²) in [6.45, 7) is 7.42. The predicted molar refractivity (Wildman–Crippen MR) is 83.8 cm³/mol. The molecule has 1 aromatic carbocycles. The lowest BCUT2D eigenvalue weighted by molar-refractivity contribution is -0.140. The Kier molecular flexibility index (Phi) is 8.71. The second-order valence-corrected chi connectivity index (χ2v) is 4.56. The number of carbonyl (C=O) groups is 1. The van der Waals surface area contributed by atoms with Crippen molar-refractivity contribution in [2.24, 2.45) is 0 Å². The topological polar surface area (TPSA) is 80.0 Å². The minimum absolute atomic E-state index is 0.213. The van der Waals surface area contributed by atoms with Gasteiger partial charge in [-0.05, 0) is 19.1 Å². The Morgan fingerprint density at radius 3 is 2.36 bits per heavy atom. The van der Waals surface area contributed by atoms with Gasteiger partial charge in [0.2, 0.25) is 0 Å². The Hall–Kier alpha value is -2.05. The summed E-state index contributed by atoms with van der Waals surface area (Å²) in [6.07, 6.45) is 0.